The van der Waals surface area contributed by atoms with Gasteiger partial charge in [-0.1, -0.05) is 30.3 Å². The van der Waals surface area contributed by atoms with Crippen molar-refractivity contribution < 1.29 is 9.53 Å². The second-order valence-corrected chi connectivity index (χ2v) is 9.15. The van der Waals surface area contributed by atoms with E-state index in [0.717, 1.165) is 46.6 Å². The van der Waals surface area contributed by atoms with Crippen molar-refractivity contribution in [2.45, 2.75) is 39.2 Å². The summed E-state index contributed by atoms with van der Waals surface area (Å²) in [5.74, 6) is 1.65. The van der Waals surface area contributed by atoms with Crippen LogP contribution in [0.4, 0.5) is 0 Å². The molecule has 168 valence electrons. The topological polar surface area (TPSA) is 58.2 Å². The average Bonchev–Trinajstić information content (AvgIpc) is 3.43. The molecule has 1 atom stereocenters. The number of carbonyl (C=O) groups is 1. The summed E-state index contributed by atoms with van der Waals surface area (Å²) in [6.45, 7) is 7.05. The van der Waals surface area contributed by atoms with Crippen LogP contribution < -0.4 is 4.74 Å². The van der Waals surface area contributed by atoms with E-state index in [4.69, 9.17) is 9.72 Å². The van der Waals surface area contributed by atoms with Gasteiger partial charge < -0.3 is 14.6 Å². The molecule has 0 spiro atoms. The lowest BCUT2D eigenvalue weighted by Crippen LogP contribution is -2.43. The highest BCUT2D eigenvalue weighted by atomic mass is 16.5. The molecule has 33 heavy (non-hydrogen) atoms. The summed E-state index contributed by atoms with van der Waals surface area (Å²) in [6, 6.07) is 19.9. The molecule has 1 fully saturated rings. The standard InChI is InChI=1S/C28H29N3O2/c1-18-15-24-25(16-19(18)2)30-27(29-24)28(3)13-8-14-31(28)26(32)23-12-6-5-11-22(23)20-9-7-10-21(17-20)33-4/h5-7,9-12,15-17H,8,13-14H2,1-4H3,(H,29,30). The Bertz CT molecular complexity index is 1320. The van der Waals surface area contributed by atoms with E-state index in [2.05, 4.69) is 37.9 Å². The molecule has 0 radical (unpaired) electrons. The molecule has 0 saturated carbocycles. The van der Waals surface area contributed by atoms with Gasteiger partial charge in [-0.05, 0) is 86.2 Å². The Morgan fingerprint density at radius 2 is 1.85 bits per heavy atom. The Hall–Kier alpha value is -3.60. The van der Waals surface area contributed by atoms with Crippen LogP contribution in [-0.4, -0.2) is 34.4 Å². The van der Waals surface area contributed by atoms with E-state index in [1.54, 1.807) is 7.11 Å². The third kappa shape index (κ3) is 3.58. The fraction of sp³-hybridized carbons (Fsp3) is 0.286. The van der Waals surface area contributed by atoms with Crippen molar-refractivity contribution in [3.63, 3.8) is 0 Å². The molecule has 1 N–H and O–H groups in total. The van der Waals surface area contributed by atoms with Gasteiger partial charge >= 0.3 is 0 Å². The Kier molecular flexibility index (Phi) is 5.20. The number of benzene rings is 3. The number of fused-ring (bicyclic) bond motifs is 1. The Labute approximate surface area is 194 Å². The zero-order chi connectivity index (χ0) is 23.2. The molecule has 5 heteroatoms. The van der Waals surface area contributed by atoms with E-state index in [0.29, 0.717) is 12.1 Å². The lowest BCUT2D eigenvalue weighted by molar-refractivity contribution is 0.0607. The number of nitrogens with zero attached hydrogens (tertiary/aromatic N) is 2. The van der Waals surface area contributed by atoms with Crippen LogP contribution in [0.2, 0.25) is 0 Å². The number of nitrogens with one attached hydrogen (secondary N) is 1. The molecule has 0 aliphatic carbocycles. The molecule has 2 heterocycles. The number of amides is 1. The maximum Gasteiger partial charge on any atom is 0.255 e. The van der Waals surface area contributed by atoms with Crippen molar-refractivity contribution in [1.82, 2.24) is 14.9 Å². The first kappa shape index (κ1) is 21.3. The summed E-state index contributed by atoms with van der Waals surface area (Å²) >= 11 is 0. The number of carbonyl (C=O) groups excluding carboxylic acids is 1. The molecule has 1 aliphatic rings. The van der Waals surface area contributed by atoms with Gasteiger partial charge in [0, 0.05) is 12.1 Å². The maximum absolute atomic E-state index is 14.0. The largest absolute Gasteiger partial charge is 0.497 e. The van der Waals surface area contributed by atoms with Gasteiger partial charge in [-0.25, -0.2) is 4.98 Å². The first-order chi connectivity index (χ1) is 15.9. The predicted molar refractivity (Wildman–Crippen MR) is 132 cm³/mol. The quantitative estimate of drug-likeness (QED) is 0.424. The van der Waals surface area contributed by atoms with Crippen LogP contribution in [0, 0.1) is 13.8 Å². The number of rotatable bonds is 4. The number of aromatic amines is 1. The van der Waals surface area contributed by atoms with Crippen LogP contribution in [0.5, 0.6) is 5.75 Å². The van der Waals surface area contributed by atoms with E-state index in [1.165, 1.54) is 11.1 Å². The fourth-order valence-electron chi connectivity index (χ4n) is 4.92. The van der Waals surface area contributed by atoms with Crippen LogP contribution in [0.3, 0.4) is 0 Å². The number of aryl methyl sites for hydroxylation is 2. The average molecular weight is 440 g/mol. The van der Waals surface area contributed by atoms with Crippen molar-refractivity contribution in [2.75, 3.05) is 13.7 Å². The Balaban J connectivity index is 1.55. The number of methoxy groups -OCH3 is 1. The highest BCUT2D eigenvalue weighted by molar-refractivity contribution is 6.01. The number of hydrogen-bond acceptors (Lipinski definition) is 3. The van der Waals surface area contributed by atoms with Gasteiger partial charge in [-0.15, -0.1) is 0 Å². The van der Waals surface area contributed by atoms with Crippen LogP contribution in [0.15, 0.2) is 60.7 Å². The number of likely N-dealkylation sites (tertiary alicyclic amines) is 1. The minimum Gasteiger partial charge on any atom is -0.497 e. The van der Waals surface area contributed by atoms with Crippen molar-refractivity contribution in [3.8, 4) is 16.9 Å². The first-order valence-corrected chi connectivity index (χ1v) is 11.4. The number of aromatic nitrogens is 2. The zero-order valence-corrected chi connectivity index (χ0v) is 19.6. The maximum atomic E-state index is 14.0. The van der Waals surface area contributed by atoms with Crippen LogP contribution in [0.1, 0.15) is 47.1 Å². The first-order valence-electron chi connectivity index (χ1n) is 11.4. The Morgan fingerprint density at radius 3 is 2.67 bits per heavy atom. The monoisotopic (exact) mass is 439 g/mol. The van der Waals surface area contributed by atoms with Gasteiger partial charge in [0.15, 0.2) is 0 Å². The van der Waals surface area contributed by atoms with Crippen molar-refractivity contribution in [1.29, 1.82) is 0 Å². The zero-order valence-electron chi connectivity index (χ0n) is 19.6. The number of imidazole rings is 1. The van der Waals surface area contributed by atoms with Crippen molar-refractivity contribution in [2.24, 2.45) is 0 Å². The summed E-state index contributed by atoms with van der Waals surface area (Å²) in [6.07, 6.45) is 1.82. The fourth-order valence-corrected chi connectivity index (χ4v) is 4.92. The summed E-state index contributed by atoms with van der Waals surface area (Å²) < 4.78 is 5.41. The summed E-state index contributed by atoms with van der Waals surface area (Å²) in [5, 5.41) is 0. The minimum absolute atomic E-state index is 0.0289. The highest BCUT2D eigenvalue weighted by Crippen LogP contribution is 2.40. The van der Waals surface area contributed by atoms with E-state index >= 15 is 0 Å². The van der Waals surface area contributed by atoms with Gasteiger partial charge in [0.05, 0.1) is 23.7 Å². The van der Waals surface area contributed by atoms with E-state index in [1.807, 2.05) is 53.4 Å². The van der Waals surface area contributed by atoms with Gasteiger partial charge in [0.1, 0.15) is 11.6 Å². The molecule has 1 unspecified atom stereocenters. The van der Waals surface area contributed by atoms with E-state index in [-0.39, 0.29) is 5.91 Å². The third-order valence-electron chi connectivity index (χ3n) is 7.03. The second-order valence-electron chi connectivity index (χ2n) is 9.15. The number of H-pyrrole nitrogens is 1. The minimum atomic E-state index is -0.487. The van der Waals surface area contributed by atoms with Crippen LogP contribution in [0.25, 0.3) is 22.2 Å². The van der Waals surface area contributed by atoms with Gasteiger partial charge in [-0.2, -0.15) is 0 Å². The molecular formula is C28H29N3O2. The van der Waals surface area contributed by atoms with Gasteiger partial charge in [0.25, 0.3) is 5.91 Å². The summed E-state index contributed by atoms with van der Waals surface area (Å²) in [5.41, 5.74) is 6.50. The number of hydrogen-bond donors (Lipinski definition) is 1. The van der Waals surface area contributed by atoms with Crippen molar-refractivity contribution >= 4 is 16.9 Å². The highest BCUT2D eigenvalue weighted by Gasteiger charge is 2.44. The van der Waals surface area contributed by atoms with Crippen LogP contribution >= 0.6 is 0 Å². The molecule has 1 aliphatic heterocycles. The SMILES string of the molecule is COc1cccc(-c2ccccc2C(=O)N2CCCC2(C)c2nc3cc(C)c(C)cc3[nH]2)c1. The second kappa shape index (κ2) is 8.07. The van der Waals surface area contributed by atoms with Gasteiger partial charge in [0.2, 0.25) is 0 Å². The molecule has 3 aromatic carbocycles. The van der Waals surface area contributed by atoms with Crippen molar-refractivity contribution in [3.05, 3.63) is 83.2 Å². The number of ether oxygens (including phenoxy) is 1. The molecular weight excluding hydrogens is 410 g/mol. The van der Waals surface area contributed by atoms with Gasteiger partial charge in [-0.3, -0.25) is 4.79 Å². The lowest BCUT2D eigenvalue weighted by Gasteiger charge is -2.34. The molecule has 1 aromatic heterocycles. The molecule has 0 bridgehead atoms. The smallest absolute Gasteiger partial charge is 0.255 e. The molecule has 1 amide bonds. The summed E-state index contributed by atoms with van der Waals surface area (Å²) in [7, 11) is 1.65. The van der Waals surface area contributed by atoms with E-state index < -0.39 is 5.54 Å². The van der Waals surface area contributed by atoms with E-state index in [9.17, 15) is 4.79 Å². The molecule has 4 aromatic rings. The Morgan fingerprint density at radius 1 is 1.06 bits per heavy atom. The van der Waals surface area contributed by atoms with Crippen LogP contribution in [-0.2, 0) is 5.54 Å². The summed E-state index contributed by atoms with van der Waals surface area (Å²) in [4.78, 5) is 24.4. The molecule has 5 nitrogen and oxygen atoms in total. The third-order valence-corrected chi connectivity index (χ3v) is 7.03. The normalized spacial score (nSPS) is 18.1. The predicted octanol–water partition coefficient (Wildman–Crippen LogP) is 6.01. The lowest BCUT2D eigenvalue weighted by atomic mass is 9.94. The molecule has 1 saturated heterocycles. The molecule has 5 rings (SSSR count).